The fourth-order valence-electron chi connectivity index (χ4n) is 3.31. The van der Waals surface area contributed by atoms with Crippen molar-refractivity contribution in [3.63, 3.8) is 0 Å². The molecule has 0 bridgehead atoms. The van der Waals surface area contributed by atoms with E-state index in [9.17, 15) is 4.79 Å². The monoisotopic (exact) mass is 282 g/mol. The summed E-state index contributed by atoms with van der Waals surface area (Å²) in [5, 5.41) is 3.38. The van der Waals surface area contributed by atoms with E-state index in [-0.39, 0.29) is 5.91 Å². The minimum absolute atomic E-state index is 0.273. The standard InChI is InChI=1S/C15H30N4O/c1-3-19-10-4-6-14(19)12-17(2)15(20)13-18-9-5-7-16-8-11-18/h14,16H,3-13H2,1-2H3. The van der Waals surface area contributed by atoms with Crippen LogP contribution in [0.4, 0.5) is 0 Å². The molecule has 20 heavy (non-hydrogen) atoms. The number of likely N-dealkylation sites (tertiary alicyclic amines) is 1. The molecule has 0 spiro atoms. The Morgan fingerprint density at radius 2 is 2.10 bits per heavy atom. The number of hydrogen-bond donors (Lipinski definition) is 1. The molecule has 0 aromatic heterocycles. The van der Waals surface area contributed by atoms with Gasteiger partial charge < -0.3 is 10.2 Å². The molecule has 1 atom stereocenters. The molecular formula is C15H30N4O. The van der Waals surface area contributed by atoms with Crippen LogP contribution in [0.5, 0.6) is 0 Å². The Labute approximate surface area is 123 Å². The first-order valence-corrected chi connectivity index (χ1v) is 8.11. The first-order chi connectivity index (χ1) is 9.70. The van der Waals surface area contributed by atoms with Crippen LogP contribution < -0.4 is 5.32 Å². The molecule has 0 aromatic rings. The van der Waals surface area contributed by atoms with Gasteiger partial charge in [0.25, 0.3) is 0 Å². The smallest absolute Gasteiger partial charge is 0.236 e. The van der Waals surface area contributed by atoms with E-state index < -0.39 is 0 Å². The van der Waals surface area contributed by atoms with Gasteiger partial charge in [-0.05, 0) is 45.4 Å². The number of likely N-dealkylation sites (N-methyl/N-ethyl adjacent to an activating group) is 2. The summed E-state index contributed by atoms with van der Waals surface area (Å²) in [6.07, 6.45) is 3.65. The molecule has 2 aliphatic heterocycles. The van der Waals surface area contributed by atoms with Gasteiger partial charge in [0.2, 0.25) is 5.91 Å². The molecule has 0 saturated carbocycles. The quantitative estimate of drug-likeness (QED) is 0.783. The summed E-state index contributed by atoms with van der Waals surface area (Å²) in [6.45, 7) is 10.1. The second-order valence-corrected chi connectivity index (χ2v) is 6.08. The maximum atomic E-state index is 12.4. The van der Waals surface area contributed by atoms with Gasteiger partial charge in [-0.25, -0.2) is 0 Å². The summed E-state index contributed by atoms with van der Waals surface area (Å²) >= 11 is 0. The van der Waals surface area contributed by atoms with Crippen LogP contribution in [-0.4, -0.2) is 86.1 Å². The molecule has 1 amide bonds. The topological polar surface area (TPSA) is 38.8 Å². The Hall–Kier alpha value is -0.650. The van der Waals surface area contributed by atoms with Crippen molar-refractivity contribution in [1.82, 2.24) is 20.0 Å². The average Bonchev–Trinajstić information content (AvgIpc) is 2.73. The summed E-state index contributed by atoms with van der Waals surface area (Å²) in [4.78, 5) is 19.1. The van der Waals surface area contributed by atoms with Crippen molar-refractivity contribution in [1.29, 1.82) is 0 Å². The van der Waals surface area contributed by atoms with E-state index in [0.29, 0.717) is 12.6 Å². The van der Waals surface area contributed by atoms with Crippen molar-refractivity contribution < 1.29 is 4.79 Å². The van der Waals surface area contributed by atoms with Crippen LogP contribution in [0.2, 0.25) is 0 Å². The minimum atomic E-state index is 0.273. The molecular weight excluding hydrogens is 252 g/mol. The number of hydrogen-bond acceptors (Lipinski definition) is 4. The molecule has 2 fully saturated rings. The van der Waals surface area contributed by atoms with Gasteiger partial charge in [-0.1, -0.05) is 6.92 Å². The second-order valence-electron chi connectivity index (χ2n) is 6.08. The Bertz CT molecular complexity index is 302. The van der Waals surface area contributed by atoms with Crippen molar-refractivity contribution in [3.05, 3.63) is 0 Å². The largest absolute Gasteiger partial charge is 0.343 e. The lowest BCUT2D eigenvalue weighted by atomic mass is 10.2. The first kappa shape index (κ1) is 15.7. The molecule has 5 nitrogen and oxygen atoms in total. The Balaban J connectivity index is 1.76. The van der Waals surface area contributed by atoms with Crippen LogP contribution >= 0.6 is 0 Å². The zero-order valence-electron chi connectivity index (χ0n) is 13.1. The molecule has 1 unspecified atom stereocenters. The van der Waals surface area contributed by atoms with Gasteiger partial charge in [-0.15, -0.1) is 0 Å². The summed E-state index contributed by atoms with van der Waals surface area (Å²) in [5.41, 5.74) is 0. The van der Waals surface area contributed by atoms with E-state index in [1.807, 2.05) is 11.9 Å². The SMILES string of the molecule is CCN1CCCC1CN(C)C(=O)CN1CCCNCC1. The molecule has 1 N–H and O–H groups in total. The highest BCUT2D eigenvalue weighted by molar-refractivity contribution is 5.78. The van der Waals surface area contributed by atoms with Gasteiger partial charge in [0, 0.05) is 32.7 Å². The summed E-state index contributed by atoms with van der Waals surface area (Å²) in [7, 11) is 1.96. The molecule has 2 heterocycles. The fourth-order valence-corrected chi connectivity index (χ4v) is 3.31. The Morgan fingerprint density at radius 1 is 1.25 bits per heavy atom. The molecule has 0 aliphatic carbocycles. The molecule has 2 aliphatic rings. The molecule has 116 valence electrons. The number of nitrogens with zero attached hydrogens (tertiary/aromatic N) is 3. The summed E-state index contributed by atoms with van der Waals surface area (Å²) in [5.74, 6) is 0.273. The maximum Gasteiger partial charge on any atom is 0.236 e. The van der Waals surface area contributed by atoms with Crippen LogP contribution in [0, 0.1) is 0 Å². The summed E-state index contributed by atoms with van der Waals surface area (Å²) < 4.78 is 0. The van der Waals surface area contributed by atoms with E-state index in [2.05, 4.69) is 22.0 Å². The van der Waals surface area contributed by atoms with Crippen LogP contribution in [0.3, 0.4) is 0 Å². The van der Waals surface area contributed by atoms with Crippen molar-refractivity contribution in [3.8, 4) is 0 Å². The van der Waals surface area contributed by atoms with E-state index in [4.69, 9.17) is 0 Å². The number of amides is 1. The van der Waals surface area contributed by atoms with E-state index in [0.717, 1.165) is 45.7 Å². The van der Waals surface area contributed by atoms with Crippen molar-refractivity contribution in [2.24, 2.45) is 0 Å². The minimum Gasteiger partial charge on any atom is -0.343 e. The van der Waals surface area contributed by atoms with Crippen LogP contribution in [0.25, 0.3) is 0 Å². The fraction of sp³-hybridized carbons (Fsp3) is 0.933. The summed E-state index contributed by atoms with van der Waals surface area (Å²) in [6, 6.07) is 0.569. The van der Waals surface area contributed by atoms with Crippen LogP contribution in [0.15, 0.2) is 0 Å². The average molecular weight is 282 g/mol. The third kappa shape index (κ3) is 4.43. The van der Waals surface area contributed by atoms with Crippen molar-refractivity contribution in [2.45, 2.75) is 32.2 Å². The van der Waals surface area contributed by atoms with Crippen molar-refractivity contribution >= 4 is 5.91 Å². The predicted octanol–water partition coefficient (Wildman–Crippen LogP) is 0.224. The first-order valence-electron chi connectivity index (χ1n) is 8.11. The van der Waals surface area contributed by atoms with Crippen LogP contribution in [-0.2, 0) is 4.79 Å². The molecule has 0 aromatic carbocycles. The number of rotatable bonds is 5. The highest BCUT2D eigenvalue weighted by atomic mass is 16.2. The van der Waals surface area contributed by atoms with E-state index in [1.54, 1.807) is 0 Å². The third-order valence-electron chi connectivity index (χ3n) is 4.61. The highest BCUT2D eigenvalue weighted by Gasteiger charge is 2.26. The Morgan fingerprint density at radius 3 is 2.90 bits per heavy atom. The normalized spacial score (nSPS) is 25.6. The van der Waals surface area contributed by atoms with Crippen LogP contribution in [0.1, 0.15) is 26.2 Å². The number of carbonyl (C=O) groups is 1. The number of nitrogens with one attached hydrogen (secondary N) is 1. The van der Waals surface area contributed by atoms with Gasteiger partial charge in [0.1, 0.15) is 0 Å². The van der Waals surface area contributed by atoms with Gasteiger partial charge in [0.15, 0.2) is 0 Å². The molecule has 2 saturated heterocycles. The van der Waals surface area contributed by atoms with E-state index >= 15 is 0 Å². The maximum absolute atomic E-state index is 12.4. The zero-order valence-corrected chi connectivity index (χ0v) is 13.1. The second kappa shape index (κ2) is 7.96. The van der Waals surface area contributed by atoms with Gasteiger partial charge in [-0.2, -0.15) is 0 Å². The molecule has 0 radical (unpaired) electrons. The van der Waals surface area contributed by atoms with Crippen molar-refractivity contribution in [2.75, 3.05) is 59.4 Å². The molecule has 2 rings (SSSR count). The lowest BCUT2D eigenvalue weighted by Gasteiger charge is -2.29. The van der Waals surface area contributed by atoms with Gasteiger partial charge in [-0.3, -0.25) is 14.6 Å². The molecule has 5 heteroatoms. The van der Waals surface area contributed by atoms with Gasteiger partial charge >= 0.3 is 0 Å². The van der Waals surface area contributed by atoms with E-state index in [1.165, 1.54) is 19.4 Å². The Kier molecular flexibility index (Phi) is 6.26. The highest BCUT2D eigenvalue weighted by Crippen LogP contribution is 2.17. The van der Waals surface area contributed by atoms with Gasteiger partial charge in [0.05, 0.1) is 6.54 Å². The zero-order chi connectivity index (χ0) is 14.4. The third-order valence-corrected chi connectivity index (χ3v) is 4.61. The number of carbonyl (C=O) groups excluding carboxylic acids is 1. The predicted molar refractivity (Wildman–Crippen MR) is 81.8 cm³/mol. The lowest BCUT2D eigenvalue weighted by Crippen LogP contribution is -2.45. The lowest BCUT2D eigenvalue weighted by molar-refractivity contribution is -0.131.